The predicted molar refractivity (Wildman–Crippen MR) is 89.3 cm³/mol. The number of hydrogen-bond acceptors (Lipinski definition) is 3. The highest BCUT2D eigenvalue weighted by molar-refractivity contribution is 7.88. The van der Waals surface area contributed by atoms with Gasteiger partial charge in [0.2, 0.25) is 10.0 Å². The second-order valence-electron chi connectivity index (χ2n) is 7.21. The molecule has 130 valence electrons. The molecule has 0 spiro atoms. The topological polar surface area (TPSA) is 69.4 Å². The maximum Gasteiger partial charge on any atom is 0.213 e. The number of sulfonamides is 1. The fraction of sp³-hybridized carbons (Fsp3) is 0.647. The Morgan fingerprint density at radius 3 is 2.70 bits per heavy atom. The van der Waals surface area contributed by atoms with Crippen LogP contribution in [0.25, 0.3) is 0 Å². The molecule has 1 aliphatic heterocycles. The van der Waals surface area contributed by atoms with Crippen LogP contribution in [0.2, 0.25) is 0 Å². The highest BCUT2D eigenvalue weighted by Crippen LogP contribution is 2.38. The zero-order valence-electron chi connectivity index (χ0n) is 14.1. The first-order valence-corrected chi connectivity index (χ1v) is 9.80. The highest BCUT2D eigenvalue weighted by Gasteiger charge is 2.33. The Morgan fingerprint density at radius 2 is 2.09 bits per heavy atom. The number of rotatable bonds is 6. The highest BCUT2D eigenvalue weighted by atomic mass is 32.2. The van der Waals surface area contributed by atoms with Gasteiger partial charge in [-0.25, -0.2) is 17.9 Å². The molecule has 1 aliphatic rings. The van der Waals surface area contributed by atoms with Gasteiger partial charge in [0.05, 0.1) is 5.75 Å². The van der Waals surface area contributed by atoms with Crippen molar-refractivity contribution in [1.29, 1.82) is 0 Å². The van der Waals surface area contributed by atoms with Crippen LogP contribution >= 0.6 is 0 Å². The van der Waals surface area contributed by atoms with Gasteiger partial charge in [0.15, 0.2) is 11.6 Å². The van der Waals surface area contributed by atoms with Crippen LogP contribution in [0.4, 0.5) is 4.39 Å². The van der Waals surface area contributed by atoms with E-state index in [1.165, 1.54) is 6.07 Å². The molecule has 1 unspecified atom stereocenters. The SMILES string of the molecule is CC(C)CCCC1(C)CCc2cc(CS(N)(=O)=O)cc(F)c2O1. The van der Waals surface area contributed by atoms with Crippen molar-refractivity contribution in [3.05, 3.63) is 29.1 Å². The van der Waals surface area contributed by atoms with Crippen LogP contribution in [0.1, 0.15) is 57.6 Å². The predicted octanol–water partition coefficient (Wildman–Crippen LogP) is 3.52. The van der Waals surface area contributed by atoms with Gasteiger partial charge in [0.1, 0.15) is 5.60 Å². The summed E-state index contributed by atoms with van der Waals surface area (Å²) in [6.45, 7) is 6.39. The average molecular weight is 343 g/mol. The van der Waals surface area contributed by atoms with E-state index < -0.39 is 15.8 Å². The molecule has 0 fully saturated rings. The van der Waals surface area contributed by atoms with E-state index in [2.05, 4.69) is 13.8 Å². The summed E-state index contributed by atoms with van der Waals surface area (Å²) < 4.78 is 42.7. The lowest BCUT2D eigenvalue weighted by Gasteiger charge is -2.36. The molecule has 1 aromatic rings. The lowest BCUT2D eigenvalue weighted by atomic mass is 9.87. The number of benzene rings is 1. The minimum absolute atomic E-state index is 0.265. The van der Waals surface area contributed by atoms with E-state index in [0.717, 1.165) is 31.2 Å². The Bertz CT molecular complexity index is 673. The molecule has 0 saturated carbocycles. The first kappa shape index (κ1) is 18.2. The largest absolute Gasteiger partial charge is 0.484 e. The molecule has 0 saturated heterocycles. The number of primary sulfonamides is 1. The monoisotopic (exact) mass is 343 g/mol. The lowest BCUT2D eigenvalue weighted by molar-refractivity contribution is 0.0480. The quantitative estimate of drug-likeness (QED) is 0.859. The molecule has 0 bridgehead atoms. The molecule has 1 heterocycles. The Hall–Kier alpha value is -1.14. The molecule has 4 nitrogen and oxygen atoms in total. The summed E-state index contributed by atoms with van der Waals surface area (Å²) in [6.07, 6.45) is 4.55. The zero-order chi connectivity index (χ0) is 17.3. The van der Waals surface area contributed by atoms with Crippen molar-refractivity contribution < 1.29 is 17.5 Å². The van der Waals surface area contributed by atoms with Crippen molar-refractivity contribution in [2.24, 2.45) is 11.1 Å². The fourth-order valence-corrected chi connectivity index (χ4v) is 3.72. The average Bonchev–Trinajstić information content (AvgIpc) is 2.37. The molecule has 2 rings (SSSR count). The molecule has 2 N–H and O–H groups in total. The number of fused-ring (bicyclic) bond motifs is 1. The fourth-order valence-electron chi connectivity index (χ4n) is 3.09. The van der Waals surface area contributed by atoms with Crippen LogP contribution in [-0.4, -0.2) is 14.0 Å². The third-order valence-corrected chi connectivity index (χ3v) is 5.04. The number of hydrogen-bond donors (Lipinski definition) is 1. The van der Waals surface area contributed by atoms with Gasteiger partial charge in [-0.2, -0.15) is 0 Å². The molecule has 0 amide bonds. The normalized spacial score (nSPS) is 21.1. The maximum atomic E-state index is 14.3. The molecule has 0 aliphatic carbocycles. The van der Waals surface area contributed by atoms with Gasteiger partial charge >= 0.3 is 0 Å². The Morgan fingerprint density at radius 1 is 1.39 bits per heavy atom. The summed E-state index contributed by atoms with van der Waals surface area (Å²) in [6, 6.07) is 2.90. The van der Waals surface area contributed by atoms with Crippen LogP contribution < -0.4 is 9.88 Å². The van der Waals surface area contributed by atoms with E-state index in [-0.39, 0.29) is 17.1 Å². The van der Waals surface area contributed by atoms with Gasteiger partial charge < -0.3 is 4.74 Å². The van der Waals surface area contributed by atoms with E-state index in [1.54, 1.807) is 6.07 Å². The van der Waals surface area contributed by atoms with Crippen LogP contribution in [-0.2, 0) is 22.2 Å². The molecule has 6 heteroatoms. The van der Waals surface area contributed by atoms with E-state index in [4.69, 9.17) is 9.88 Å². The first-order valence-electron chi connectivity index (χ1n) is 8.09. The molecule has 23 heavy (non-hydrogen) atoms. The zero-order valence-corrected chi connectivity index (χ0v) is 14.9. The number of halogens is 1. The summed E-state index contributed by atoms with van der Waals surface area (Å²) in [4.78, 5) is 0. The minimum Gasteiger partial charge on any atom is -0.484 e. The van der Waals surface area contributed by atoms with Gasteiger partial charge in [-0.3, -0.25) is 0 Å². The van der Waals surface area contributed by atoms with Gasteiger partial charge in [0, 0.05) is 0 Å². The van der Waals surface area contributed by atoms with Crippen molar-refractivity contribution in [2.75, 3.05) is 0 Å². The van der Waals surface area contributed by atoms with Crippen molar-refractivity contribution in [3.63, 3.8) is 0 Å². The van der Waals surface area contributed by atoms with Crippen molar-refractivity contribution >= 4 is 10.0 Å². The first-order chi connectivity index (χ1) is 10.6. The minimum atomic E-state index is -3.67. The summed E-state index contributed by atoms with van der Waals surface area (Å²) >= 11 is 0. The van der Waals surface area contributed by atoms with Crippen molar-refractivity contribution in [1.82, 2.24) is 0 Å². The summed E-state index contributed by atoms with van der Waals surface area (Å²) in [5, 5.41) is 5.03. The maximum absolute atomic E-state index is 14.3. The van der Waals surface area contributed by atoms with Gasteiger partial charge in [-0.1, -0.05) is 26.3 Å². The van der Waals surface area contributed by atoms with E-state index >= 15 is 0 Å². The summed E-state index contributed by atoms with van der Waals surface area (Å²) in [5.74, 6) is 0.0486. The smallest absolute Gasteiger partial charge is 0.213 e. The second-order valence-corrected chi connectivity index (χ2v) is 8.83. The number of aryl methyl sites for hydroxylation is 1. The van der Waals surface area contributed by atoms with Crippen LogP contribution in [0, 0.1) is 11.7 Å². The van der Waals surface area contributed by atoms with Crippen LogP contribution in [0.5, 0.6) is 5.75 Å². The van der Waals surface area contributed by atoms with Crippen LogP contribution in [0.15, 0.2) is 12.1 Å². The molecule has 0 radical (unpaired) electrons. The number of ether oxygens (including phenoxy) is 1. The van der Waals surface area contributed by atoms with Gasteiger partial charge in [0.25, 0.3) is 0 Å². The Balaban J connectivity index is 2.15. The van der Waals surface area contributed by atoms with Crippen molar-refractivity contribution in [2.45, 2.75) is 64.2 Å². The van der Waals surface area contributed by atoms with Crippen molar-refractivity contribution in [3.8, 4) is 5.75 Å². The Kier molecular flexibility index (Phi) is 5.36. The second kappa shape index (κ2) is 6.77. The molecular weight excluding hydrogens is 317 g/mol. The Labute approximate surface area is 138 Å². The molecular formula is C17H26FNO3S. The third-order valence-electron chi connectivity index (χ3n) is 4.31. The molecule has 1 atom stereocenters. The molecule has 0 aromatic heterocycles. The molecule has 1 aromatic carbocycles. The standard InChI is InChI=1S/C17H26FNO3S/c1-12(2)5-4-7-17(3)8-6-14-9-13(11-23(19,20)21)10-15(18)16(14)22-17/h9-10,12H,4-8,11H2,1-3H3,(H2,19,20,21). The van der Waals surface area contributed by atoms with E-state index in [9.17, 15) is 12.8 Å². The lowest BCUT2D eigenvalue weighted by Crippen LogP contribution is -2.37. The van der Waals surface area contributed by atoms with Gasteiger partial charge in [-0.05, 0) is 55.7 Å². The van der Waals surface area contributed by atoms with E-state index in [0.29, 0.717) is 17.9 Å². The summed E-state index contributed by atoms with van der Waals surface area (Å²) in [5.41, 5.74) is 0.741. The summed E-state index contributed by atoms with van der Waals surface area (Å²) in [7, 11) is -3.67. The van der Waals surface area contributed by atoms with Gasteiger partial charge in [-0.15, -0.1) is 0 Å². The van der Waals surface area contributed by atoms with Crippen LogP contribution in [0.3, 0.4) is 0 Å². The number of nitrogens with two attached hydrogens (primary N) is 1. The third kappa shape index (κ3) is 5.18. The van der Waals surface area contributed by atoms with E-state index in [1.807, 2.05) is 6.92 Å².